The minimum Gasteiger partial charge on any atom is -0.670 e. The van der Waals surface area contributed by atoms with Gasteiger partial charge in [-0.2, -0.15) is 0 Å². The number of carboxylic acid groups (broad SMARTS) is 2. The quantitative estimate of drug-likeness (QED) is 0.413. The molecular weight excluding hydrogens is 448 g/mol. The number of hydrogen-bond donors (Lipinski definition) is 2. The monoisotopic (exact) mass is 467 g/mol. The second-order valence-electron chi connectivity index (χ2n) is 6.87. The molecular formula is C22H20CuN4O4-2. The van der Waals surface area contributed by atoms with Gasteiger partial charge in [-0.1, -0.05) is 48.5 Å². The number of carboxylic acids is 2. The van der Waals surface area contributed by atoms with E-state index >= 15 is 0 Å². The van der Waals surface area contributed by atoms with Crippen LogP contribution in [-0.2, 0) is 39.5 Å². The van der Waals surface area contributed by atoms with Crippen molar-refractivity contribution in [2.24, 2.45) is 0 Å². The molecule has 31 heavy (non-hydrogen) atoms. The summed E-state index contributed by atoms with van der Waals surface area (Å²) in [4.78, 5) is 27.0. The van der Waals surface area contributed by atoms with Crippen LogP contribution in [0, 0.1) is 0 Å². The first-order valence-corrected chi connectivity index (χ1v) is 9.30. The van der Waals surface area contributed by atoms with E-state index in [1.54, 1.807) is 12.4 Å². The van der Waals surface area contributed by atoms with Crippen LogP contribution in [0.25, 0.3) is 33.3 Å². The van der Waals surface area contributed by atoms with Crippen molar-refractivity contribution in [1.29, 1.82) is 0 Å². The van der Waals surface area contributed by atoms with Gasteiger partial charge in [-0.25, -0.2) is 0 Å². The Bertz CT molecular complexity index is 1080. The zero-order valence-corrected chi connectivity index (χ0v) is 17.2. The molecule has 0 spiro atoms. The summed E-state index contributed by atoms with van der Waals surface area (Å²) in [7, 11) is 0. The first-order chi connectivity index (χ1) is 14.4. The van der Waals surface area contributed by atoms with Crippen molar-refractivity contribution in [3.63, 3.8) is 0 Å². The van der Waals surface area contributed by atoms with Crippen molar-refractivity contribution in [2.45, 2.75) is 24.9 Å². The van der Waals surface area contributed by atoms with Crippen LogP contribution >= 0.6 is 0 Å². The summed E-state index contributed by atoms with van der Waals surface area (Å²) in [5, 5.41) is 22.8. The van der Waals surface area contributed by atoms with E-state index in [-0.39, 0.29) is 29.9 Å². The molecule has 0 saturated carbocycles. The number of carbonyl (C=O) groups excluding carboxylic acids is 2. The van der Waals surface area contributed by atoms with Crippen LogP contribution in [0.3, 0.4) is 0 Å². The van der Waals surface area contributed by atoms with Gasteiger partial charge in [0.25, 0.3) is 0 Å². The molecule has 2 aromatic heterocycles. The van der Waals surface area contributed by atoms with Gasteiger partial charge in [0.15, 0.2) is 0 Å². The van der Waals surface area contributed by atoms with Gasteiger partial charge in [0, 0.05) is 46.1 Å². The van der Waals surface area contributed by atoms with E-state index in [0.717, 1.165) is 32.9 Å². The van der Waals surface area contributed by atoms with Crippen molar-refractivity contribution in [2.75, 3.05) is 0 Å². The molecule has 4 rings (SSSR count). The molecule has 0 aliphatic carbocycles. The summed E-state index contributed by atoms with van der Waals surface area (Å²) < 4.78 is 0. The Morgan fingerprint density at radius 3 is 1.45 bits per heavy atom. The van der Waals surface area contributed by atoms with Crippen LogP contribution in [0.5, 0.6) is 0 Å². The fraction of sp³-hybridized carbons (Fsp3) is 0.182. The molecule has 4 aromatic rings. The van der Waals surface area contributed by atoms with Crippen LogP contribution < -0.4 is 10.2 Å². The van der Waals surface area contributed by atoms with Crippen molar-refractivity contribution in [1.82, 2.24) is 9.97 Å². The van der Waals surface area contributed by atoms with E-state index in [1.807, 2.05) is 48.5 Å². The van der Waals surface area contributed by atoms with E-state index in [4.69, 9.17) is 11.5 Å². The topological polar surface area (TPSA) is 159 Å². The number of benzene rings is 2. The first kappa shape index (κ1) is 24.2. The van der Waals surface area contributed by atoms with E-state index in [2.05, 4.69) is 9.97 Å². The Morgan fingerprint density at radius 1 is 0.742 bits per heavy atom. The summed E-state index contributed by atoms with van der Waals surface area (Å²) >= 11 is 0. The molecule has 2 aromatic carbocycles. The van der Waals surface area contributed by atoms with Gasteiger partial charge in [-0.05, 0) is 36.1 Å². The third kappa shape index (κ3) is 5.96. The smallest absolute Gasteiger partial charge is 0.670 e. The number of fused-ring (bicyclic) bond motifs is 2. The van der Waals surface area contributed by atoms with Crippen molar-refractivity contribution in [3.8, 4) is 0 Å². The minimum absolute atomic E-state index is 0. The third-order valence-corrected chi connectivity index (χ3v) is 4.77. The van der Waals surface area contributed by atoms with Crippen molar-refractivity contribution < 1.29 is 36.9 Å². The van der Waals surface area contributed by atoms with E-state index in [9.17, 15) is 19.8 Å². The average molecular weight is 468 g/mol. The second-order valence-corrected chi connectivity index (χ2v) is 6.87. The van der Waals surface area contributed by atoms with E-state index in [1.165, 1.54) is 0 Å². The number of aliphatic carboxylic acids is 2. The number of H-pyrrole nitrogens is 2. The third-order valence-electron chi connectivity index (χ3n) is 4.77. The second kappa shape index (κ2) is 10.8. The number of para-hydroxylation sites is 2. The van der Waals surface area contributed by atoms with Gasteiger partial charge in [0.1, 0.15) is 0 Å². The number of hydrogen-bond acceptors (Lipinski definition) is 4. The fourth-order valence-electron chi connectivity index (χ4n) is 3.21. The molecule has 0 bridgehead atoms. The van der Waals surface area contributed by atoms with Crippen molar-refractivity contribution in [3.05, 3.63) is 83.5 Å². The normalized spacial score (nSPS) is 12.5. The van der Waals surface area contributed by atoms with E-state index < -0.39 is 24.0 Å². The summed E-state index contributed by atoms with van der Waals surface area (Å²) in [5.74, 6) is -2.67. The van der Waals surface area contributed by atoms with E-state index in [0.29, 0.717) is 0 Å². The Hall–Kier alpha value is -3.10. The molecule has 2 heterocycles. The van der Waals surface area contributed by atoms with Crippen LogP contribution in [0.15, 0.2) is 60.9 Å². The Morgan fingerprint density at radius 2 is 1.10 bits per heavy atom. The SMILES string of the molecule is [Cu+2].[NH-]C(Cc1c[nH]c2ccccc12)C(=O)[O-].[NH-]C(Cc1c[nH]c2ccccc12)C(=O)[O-]. The zero-order valence-electron chi connectivity index (χ0n) is 16.3. The maximum absolute atomic E-state index is 10.5. The maximum atomic E-state index is 10.5. The summed E-state index contributed by atoms with van der Waals surface area (Å²) in [5.41, 5.74) is 18.2. The van der Waals surface area contributed by atoms with Gasteiger partial charge < -0.3 is 41.2 Å². The zero-order chi connectivity index (χ0) is 21.7. The van der Waals surface area contributed by atoms with Gasteiger partial charge in [-0.15, -0.1) is 0 Å². The molecule has 0 saturated heterocycles. The van der Waals surface area contributed by atoms with Crippen molar-refractivity contribution >= 4 is 33.7 Å². The number of aromatic amines is 2. The number of aromatic nitrogens is 2. The Kier molecular flexibility index (Phi) is 8.41. The molecule has 9 heteroatoms. The summed E-state index contributed by atoms with van der Waals surface area (Å²) in [6.07, 6.45) is 3.84. The molecule has 0 aliphatic heterocycles. The van der Waals surface area contributed by atoms with Gasteiger partial charge in [-0.3, -0.25) is 0 Å². The van der Waals surface area contributed by atoms with Crippen LogP contribution in [0.2, 0.25) is 0 Å². The molecule has 1 radical (unpaired) electrons. The first-order valence-electron chi connectivity index (χ1n) is 9.30. The molecule has 0 aliphatic rings. The minimum atomic E-state index is -1.33. The molecule has 165 valence electrons. The van der Waals surface area contributed by atoms with Crippen LogP contribution in [0.1, 0.15) is 11.1 Å². The van der Waals surface area contributed by atoms with Gasteiger partial charge in [0.2, 0.25) is 0 Å². The molecule has 8 nitrogen and oxygen atoms in total. The van der Waals surface area contributed by atoms with Crippen LogP contribution in [-0.4, -0.2) is 34.0 Å². The molecule has 2 atom stereocenters. The van der Waals surface area contributed by atoms with Gasteiger partial charge in [0.05, 0.1) is 0 Å². The maximum Gasteiger partial charge on any atom is 2.00 e. The molecule has 0 amide bonds. The number of nitrogens with one attached hydrogen (secondary N) is 4. The number of rotatable bonds is 6. The molecule has 0 fully saturated rings. The Balaban J connectivity index is 0.000000213. The summed E-state index contributed by atoms with van der Waals surface area (Å²) in [6.45, 7) is 0. The molecule has 4 N–H and O–H groups in total. The molecule has 2 unspecified atom stereocenters. The number of carbonyl (C=O) groups is 2. The predicted octanol–water partition coefficient (Wildman–Crippen LogP) is 1.76. The average Bonchev–Trinajstić information content (AvgIpc) is 3.33. The van der Waals surface area contributed by atoms with Crippen LogP contribution in [0.4, 0.5) is 0 Å². The standard InChI is InChI=1S/2C11H11N2O2.Cu/c2*12-9(11(14)15)5-7-6-13-10-4-2-1-3-8(7)10;/h2*1-4,6,9,12-13H,5H2,(H,14,15);/q2*-1;+2/p-2. The summed E-state index contributed by atoms with van der Waals surface area (Å²) in [6, 6.07) is 12.8. The fourth-order valence-corrected chi connectivity index (χ4v) is 3.21. The largest absolute Gasteiger partial charge is 2.00 e. The Labute approximate surface area is 189 Å². The van der Waals surface area contributed by atoms with Gasteiger partial charge >= 0.3 is 17.1 Å². The predicted molar refractivity (Wildman–Crippen MR) is 110 cm³/mol.